The Labute approximate surface area is 137 Å². The summed E-state index contributed by atoms with van der Waals surface area (Å²) in [7, 11) is 6.47. The van der Waals surface area contributed by atoms with Gasteiger partial charge in [0.05, 0.1) is 0 Å². The molecule has 0 aromatic heterocycles. The molecular weight excluding hydrogens is 326 g/mol. The molecule has 1 aliphatic heterocycles. The highest BCUT2D eigenvalue weighted by atomic mass is 79.9. The molecule has 1 aliphatic rings. The molecule has 1 aromatic rings. The van der Waals surface area contributed by atoms with Crippen LogP contribution in [0.5, 0.6) is 0 Å². The third kappa shape index (κ3) is 4.44. The van der Waals surface area contributed by atoms with E-state index in [-0.39, 0.29) is 0 Å². The first-order chi connectivity index (χ1) is 10.0. The largest absolute Gasteiger partial charge is 0.374 e. The number of hydrogen-bond donors (Lipinski definition) is 1. The van der Waals surface area contributed by atoms with Crippen LogP contribution >= 0.6 is 15.9 Å². The molecule has 0 amide bonds. The molecule has 3 nitrogen and oxygen atoms in total. The van der Waals surface area contributed by atoms with E-state index in [4.69, 9.17) is 0 Å². The number of anilines is 1. The van der Waals surface area contributed by atoms with Gasteiger partial charge in [-0.15, -0.1) is 0 Å². The third-order valence-electron chi connectivity index (χ3n) is 4.67. The second kappa shape index (κ2) is 7.61. The molecule has 1 saturated heterocycles. The summed E-state index contributed by atoms with van der Waals surface area (Å²) >= 11 is 3.60. The molecule has 1 fully saturated rings. The summed E-state index contributed by atoms with van der Waals surface area (Å²) in [6.45, 7) is 5.84. The Hall–Kier alpha value is -0.580. The zero-order valence-electron chi connectivity index (χ0n) is 13.7. The molecule has 0 radical (unpaired) electrons. The average Bonchev–Trinajstić information content (AvgIpc) is 2.48. The van der Waals surface area contributed by atoms with Crippen LogP contribution in [0.4, 0.5) is 5.69 Å². The number of hydrogen-bond acceptors (Lipinski definition) is 3. The minimum Gasteiger partial charge on any atom is -0.374 e. The van der Waals surface area contributed by atoms with Gasteiger partial charge in [0, 0.05) is 29.8 Å². The molecule has 2 rings (SSSR count). The number of piperidine rings is 1. The van der Waals surface area contributed by atoms with E-state index in [1.54, 1.807) is 0 Å². The van der Waals surface area contributed by atoms with Crippen LogP contribution in [-0.2, 0) is 0 Å². The Morgan fingerprint density at radius 2 is 2.05 bits per heavy atom. The van der Waals surface area contributed by atoms with Crippen molar-refractivity contribution < 1.29 is 0 Å². The van der Waals surface area contributed by atoms with Gasteiger partial charge in [0.1, 0.15) is 0 Å². The van der Waals surface area contributed by atoms with Crippen LogP contribution in [0.25, 0.3) is 0 Å². The van der Waals surface area contributed by atoms with Crippen molar-refractivity contribution in [1.29, 1.82) is 0 Å². The molecule has 4 heteroatoms. The van der Waals surface area contributed by atoms with Crippen LogP contribution in [0.2, 0.25) is 0 Å². The molecule has 0 bridgehead atoms. The summed E-state index contributed by atoms with van der Waals surface area (Å²) in [5.41, 5.74) is 2.71. The maximum absolute atomic E-state index is 3.60. The summed E-state index contributed by atoms with van der Waals surface area (Å²) in [4.78, 5) is 4.87. The SMILES string of the molecule is CNC(C)c1cc(Br)ccc1N(C)CC1CCN(C)CC1. The lowest BCUT2D eigenvalue weighted by Crippen LogP contribution is -2.36. The lowest BCUT2D eigenvalue weighted by molar-refractivity contribution is 0.222. The van der Waals surface area contributed by atoms with Crippen LogP contribution in [0.15, 0.2) is 22.7 Å². The van der Waals surface area contributed by atoms with E-state index in [9.17, 15) is 0 Å². The van der Waals surface area contributed by atoms with Crippen molar-refractivity contribution in [3.05, 3.63) is 28.2 Å². The van der Waals surface area contributed by atoms with Crippen molar-refractivity contribution in [2.75, 3.05) is 45.7 Å². The van der Waals surface area contributed by atoms with E-state index in [0.29, 0.717) is 6.04 Å². The van der Waals surface area contributed by atoms with Gasteiger partial charge in [-0.25, -0.2) is 0 Å². The highest BCUT2D eigenvalue weighted by Crippen LogP contribution is 2.30. The van der Waals surface area contributed by atoms with Crippen molar-refractivity contribution in [1.82, 2.24) is 10.2 Å². The van der Waals surface area contributed by atoms with E-state index in [1.165, 1.54) is 37.2 Å². The summed E-state index contributed by atoms with van der Waals surface area (Å²) in [6, 6.07) is 6.98. The first kappa shape index (κ1) is 16.8. The highest BCUT2D eigenvalue weighted by molar-refractivity contribution is 9.10. The molecular formula is C17H28BrN3. The van der Waals surface area contributed by atoms with Gasteiger partial charge in [-0.2, -0.15) is 0 Å². The van der Waals surface area contributed by atoms with Gasteiger partial charge in [-0.1, -0.05) is 15.9 Å². The predicted molar refractivity (Wildman–Crippen MR) is 95.1 cm³/mol. The fraction of sp³-hybridized carbons (Fsp3) is 0.647. The fourth-order valence-electron chi connectivity index (χ4n) is 3.11. The smallest absolute Gasteiger partial charge is 0.0412 e. The van der Waals surface area contributed by atoms with Gasteiger partial charge in [0.2, 0.25) is 0 Å². The van der Waals surface area contributed by atoms with Crippen molar-refractivity contribution in [2.45, 2.75) is 25.8 Å². The van der Waals surface area contributed by atoms with Gasteiger partial charge in [0.15, 0.2) is 0 Å². The quantitative estimate of drug-likeness (QED) is 0.873. The highest BCUT2D eigenvalue weighted by Gasteiger charge is 2.20. The van der Waals surface area contributed by atoms with E-state index < -0.39 is 0 Å². The fourth-order valence-corrected chi connectivity index (χ4v) is 3.48. The maximum Gasteiger partial charge on any atom is 0.0412 e. The second-order valence-electron chi connectivity index (χ2n) is 6.34. The summed E-state index contributed by atoms with van der Waals surface area (Å²) in [6.07, 6.45) is 2.63. The molecule has 1 atom stereocenters. The number of benzene rings is 1. The monoisotopic (exact) mass is 353 g/mol. The number of halogens is 1. The summed E-state index contributed by atoms with van der Waals surface area (Å²) in [5, 5.41) is 3.36. The Morgan fingerprint density at radius 1 is 1.38 bits per heavy atom. The molecule has 1 unspecified atom stereocenters. The summed E-state index contributed by atoms with van der Waals surface area (Å²) < 4.78 is 1.15. The van der Waals surface area contributed by atoms with E-state index in [2.05, 4.69) is 70.3 Å². The Bertz CT molecular complexity index is 455. The maximum atomic E-state index is 3.60. The van der Waals surface area contributed by atoms with E-state index in [0.717, 1.165) is 16.9 Å². The second-order valence-corrected chi connectivity index (χ2v) is 7.26. The van der Waals surface area contributed by atoms with Crippen LogP contribution < -0.4 is 10.2 Å². The van der Waals surface area contributed by atoms with Gasteiger partial charge in [-0.05, 0) is 76.6 Å². The van der Waals surface area contributed by atoms with Crippen LogP contribution in [0.3, 0.4) is 0 Å². The molecule has 0 aliphatic carbocycles. The minimum absolute atomic E-state index is 0.359. The first-order valence-electron chi connectivity index (χ1n) is 7.87. The molecule has 1 heterocycles. The van der Waals surface area contributed by atoms with Crippen LogP contribution in [0.1, 0.15) is 31.4 Å². The Kier molecular flexibility index (Phi) is 6.08. The van der Waals surface area contributed by atoms with Crippen molar-refractivity contribution in [3.8, 4) is 0 Å². The lowest BCUT2D eigenvalue weighted by Gasteiger charge is -2.33. The number of rotatable bonds is 5. The van der Waals surface area contributed by atoms with Crippen LogP contribution in [-0.4, -0.2) is 45.7 Å². The van der Waals surface area contributed by atoms with Crippen LogP contribution in [0, 0.1) is 5.92 Å². The van der Waals surface area contributed by atoms with E-state index >= 15 is 0 Å². The van der Waals surface area contributed by atoms with Gasteiger partial charge in [0.25, 0.3) is 0 Å². The number of nitrogens with zero attached hydrogens (tertiary/aromatic N) is 2. The normalized spacial score (nSPS) is 18.7. The molecule has 0 spiro atoms. The van der Waals surface area contributed by atoms with Crippen molar-refractivity contribution in [3.63, 3.8) is 0 Å². The number of likely N-dealkylation sites (tertiary alicyclic amines) is 1. The molecule has 1 N–H and O–H groups in total. The zero-order valence-corrected chi connectivity index (χ0v) is 15.3. The minimum atomic E-state index is 0.359. The topological polar surface area (TPSA) is 18.5 Å². The molecule has 118 valence electrons. The summed E-state index contributed by atoms with van der Waals surface area (Å²) in [5.74, 6) is 0.813. The van der Waals surface area contributed by atoms with Crippen molar-refractivity contribution in [2.24, 2.45) is 5.92 Å². The van der Waals surface area contributed by atoms with Gasteiger partial charge >= 0.3 is 0 Å². The molecule has 21 heavy (non-hydrogen) atoms. The standard InChI is InChI=1S/C17H28BrN3/c1-13(19-2)16-11-15(18)5-6-17(16)21(4)12-14-7-9-20(3)10-8-14/h5-6,11,13-14,19H,7-10,12H2,1-4H3. The van der Waals surface area contributed by atoms with Crippen molar-refractivity contribution >= 4 is 21.6 Å². The Morgan fingerprint density at radius 3 is 2.67 bits per heavy atom. The average molecular weight is 354 g/mol. The molecule has 0 saturated carbocycles. The van der Waals surface area contributed by atoms with Gasteiger partial charge in [-0.3, -0.25) is 0 Å². The molecule has 1 aromatic carbocycles. The first-order valence-corrected chi connectivity index (χ1v) is 8.67. The zero-order chi connectivity index (χ0) is 15.4. The third-order valence-corrected chi connectivity index (χ3v) is 5.16. The number of nitrogens with one attached hydrogen (secondary N) is 1. The van der Waals surface area contributed by atoms with E-state index in [1.807, 2.05) is 7.05 Å². The van der Waals surface area contributed by atoms with Gasteiger partial charge < -0.3 is 15.1 Å². The predicted octanol–water partition coefficient (Wildman–Crippen LogP) is 3.51. The Balaban J connectivity index is 2.09. The lowest BCUT2D eigenvalue weighted by atomic mass is 9.96.